The molecule has 6 rings (SSSR count). The van der Waals surface area contributed by atoms with E-state index in [0.29, 0.717) is 26.4 Å². The first kappa shape index (κ1) is 28.0. The van der Waals surface area contributed by atoms with Gasteiger partial charge in [0, 0.05) is 30.4 Å². The minimum atomic E-state index is -0.269. The molecule has 0 unspecified atom stereocenters. The van der Waals surface area contributed by atoms with Crippen molar-refractivity contribution < 1.29 is 18.9 Å². The SMILES string of the molecule is C=C(S/C=C\C)c1sc(C(C)(C)c2ccc(C(C)(C)c3sc(-c4cccs4)c4c3OCCO4)s2)c2c1OCCO2. The topological polar surface area (TPSA) is 36.9 Å². The van der Waals surface area contributed by atoms with Crippen LogP contribution in [-0.2, 0) is 10.8 Å². The highest BCUT2D eigenvalue weighted by Gasteiger charge is 2.40. The maximum Gasteiger partial charge on any atom is 0.181 e. The fourth-order valence-electron chi connectivity index (χ4n) is 4.91. The van der Waals surface area contributed by atoms with Gasteiger partial charge in [-0.25, -0.2) is 0 Å². The zero-order valence-corrected chi connectivity index (χ0v) is 27.3. The second-order valence-corrected chi connectivity index (χ2v) is 15.7. The van der Waals surface area contributed by atoms with E-state index in [-0.39, 0.29) is 10.8 Å². The smallest absolute Gasteiger partial charge is 0.181 e. The van der Waals surface area contributed by atoms with Crippen LogP contribution in [0.4, 0.5) is 0 Å². The largest absolute Gasteiger partial charge is 0.485 e. The summed E-state index contributed by atoms with van der Waals surface area (Å²) in [6, 6.07) is 8.80. The average Bonchev–Trinajstić information content (AvgIpc) is 3.76. The normalized spacial score (nSPS) is 15.1. The van der Waals surface area contributed by atoms with E-state index in [9.17, 15) is 0 Å². The molecule has 2 aliphatic heterocycles. The molecular formula is C31H32O4S5. The Kier molecular flexibility index (Phi) is 7.63. The van der Waals surface area contributed by atoms with Crippen molar-refractivity contribution >= 4 is 62.0 Å². The summed E-state index contributed by atoms with van der Waals surface area (Å²) in [5, 5.41) is 4.17. The van der Waals surface area contributed by atoms with Crippen LogP contribution in [0, 0.1) is 0 Å². The summed E-state index contributed by atoms with van der Waals surface area (Å²) in [6.07, 6.45) is 2.03. The third kappa shape index (κ3) is 4.73. The molecule has 0 aromatic carbocycles. The van der Waals surface area contributed by atoms with Crippen molar-refractivity contribution in [3.8, 4) is 32.8 Å². The van der Waals surface area contributed by atoms with E-state index < -0.39 is 0 Å². The molecule has 0 spiro atoms. The third-order valence-electron chi connectivity index (χ3n) is 7.12. The van der Waals surface area contributed by atoms with Crippen LogP contribution in [0.5, 0.6) is 23.0 Å². The molecule has 40 heavy (non-hydrogen) atoms. The van der Waals surface area contributed by atoms with Crippen molar-refractivity contribution in [3.05, 3.63) is 72.1 Å². The molecule has 2 aliphatic rings. The van der Waals surface area contributed by atoms with Crippen molar-refractivity contribution in [1.29, 1.82) is 0 Å². The van der Waals surface area contributed by atoms with Gasteiger partial charge < -0.3 is 18.9 Å². The Balaban J connectivity index is 1.38. The number of allylic oxidation sites excluding steroid dienone is 1. The number of fused-ring (bicyclic) bond motifs is 2. The van der Waals surface area contributed by atoms with Gasteiger partial charge >= 0.3 is 0 Å². The molecule has 210 valence electrons. The van der Waals surface area contributed by atoms with E-state index in [4.69, 9.17) is 18.9 Å². The lowest BCUT2D eigenvalue weighted by Crippen LogP contribution is -2.21. The zero-order chi connectivity index (χ0) is 28.1. The Morgan fingerprint density at radius 3 is 1.98 bits per heavy atom. The Morgan fingerprint density at radius 1 is 0.800 bits per heavy atom. The lowest BCUT2D eigenvalue weighted by molar-refractivity contribution is 0.170. The van der Waals surface area contributed by atoms with Crippen LogP contribution < -0.4 is 18.9 Å². The monoisotopic (exact) mass is 628 g/mol. The summed E-state index contributed by atoms with van der Waals surface area (Å²) in [6.45, 7) is 17.8. The van der Waals surface area contributed by atoms with Crippen LogP contribution >= 0.6 is 57.1 Å². The van der Waals surface area contributed by atoms with Gasteiger partial charge in [0.15, 0.2) is 23.0 Å². The standard InChI is InChI=1S/C31H32O4S5/c1-7-16-36-18(2)26-22-24(34-14-12-32-22)28(39-26)30(3,4)20-10-11-21(38-20)31(5,6)29-25-23(33-13-15-35-25)27(40-29)19-9-8-17-37-19/h7-11,16-17H,2,12-15H2,1,3-6H3/b16-7-. The molecule has 0 atom stereocenters. The first-order chi connectivity index (χ1) is 19.2. The minimum absolute atomic E-state index is 0.249. The van der Waals surface area contributed by atoms with E-state index in [1.165, 1.54) is 24.4 Å². The summed E-state index contributed by atoms with van der Waals surface area (Å²) in [5.41, 5.74) is -0.518. The van der Waals surface area contributed by atoms with Crippen molar-refractivity contribution in [1.82, 2.24) is 0 Å². The Bertz CT molecular complexity index is 1560. The number of thiophene rings is 4. The number of thioether (sulfide) groups is 1. The molecule has 4 nitrogen and oxygen atoms in total. The van der Waals surface area contributed by atoms with Crippen molar-refractivity contribution in [2.24, 2.45) is 0 Å². The zero-order valence-electron chi connectivity index (χ0n) is 23.3. The van der Waals surface area contributed by atoms with Gasteiger partial charge in [-0.1, -0.05) is 30.5 Å². The van der Waals surface area contributed by atoms with E-state index in [1.807, 2.05) is 24.3 Å². The van der Waals surface area contributed by atoms with Gasteiger partial charge in [-0.15, -0.1) is 45.3 Å². The van der Waals surface area contributed by atoms with Crippen LogP contribution in [0.15, 0.2) is 47.7 Å². The van der Waals surface area contributed by atoms with Crippen LogP contribution in [0.1, 0.15) is 59.0 Å². The highest BCUT2D eigenvalue weighted by molar-refractivity contribution is 8.11. The van der Waals surface area contributed by atoms with Crippen molar-refractivity contribution in [2.75, 3.05) is 26.4 Å². The highest BCUT2D eigenvalue weighted by atomic mass is 32.2. The first-order valence-corrected chi connectivity index (χ1v) is 17.4. The number of ether oxygens (including phenoxy) is 4. The fraction of sp³-hybridized carbons (Fsp3) is 0.355. The van der Waals surface area contributed by atoms with Crippen LogP contribution in [0.25, 0.3) is 14.7 Å². The molecule has 4 aromatic rings. The summed E-state index contributed by atoms with van der Waals surface area (Å²) in [4.78, 5) is 9.38. The molecule has 0 saturated heterocycles. The molecule has 0 radical (unpaired) electrons. The molecule has 0 N–H and O–H groups in total. The summed E-state index contributed by atoms with van der Waals surface area (Å²) >= 11 is 8.75. The van der Waals surface area contributed by atoms with Gasteiger partial charge in [0.1, 0.15) is 26.4 Å². The van der Waals surface area contributed by atoms with Crippen LogP contribution in [0.3, 0.4) is 0 Å². The molecule has 0 aliphatic carbocycles. The van der Waals surface area contributed by atoms with Crippen molar-refractivity contribution in [3.63, 3.8) is 0 Å². The molecule has 6 heterocycles. The van der Waals surface area contributed by atoms with Gasteiger partial charge in [0.25, 0.3) is 0 Å². The van der Waals surface area contributed by atoms with E-state index >= 15 is 0 Å². The quantitative estimate of drug-likeness (QED) is 0.194. The minimum Gasteiger partial charge on any atom is -0.485 e. The van der Waals surface area contributed by atoms with E-state index in [0.717, 1.165) is 37.7 Å². The van der Waals surface area contributed by atoms with Crippen molar-refractivity contribution in [2.45, 2.75) is 45.4 Å². The maximum absolute atomic E-state index is 6.25. The maximum atomic E-state index is 6.25. The summed E-state index contributed by atoms with van der Waals surface area (Å²) in [7, 11) is 0. The highest BCUT2D eigenvalue weighted by Crippen LogP contribution is 2.58. The molecule has 4 aromatic heterocycles. The Labute approximate surface area is 256 Å². The number of hydrogen-bond acceptors (Lipinski definition) is 9. The van der Waals surface area contributed by atoms with Gasteiger partial charge in [0.2, 0.25) is 0 Å². The Morgan fingerprint density at radius 2 is 1.38 bits per heavy atom. The molecule has 0 saturated carbocycles. The predicted octanol–water partition coefficient (Wildman–Crippen LogP) is 10.0. The molecule has 9 heteroatoms. The van der Waals surface area contributed by atoms with Gasteiger partial charge in [0.05, 0.1) is 19.5 Å². The average molecular weight is 629 g/mol. The second kappa shape index (κ2) is 10.9. The number of hydrogen-bond donors (Lipinski definition) is 0. The molecule has 0 bridgehead atoms. The molecular weight excluding hydrogens is 597 g/mol. The summed E-state index contributed by atoms with van der Waals surface area (Å²) in [5.74, 6) is 3.50. The van der Waals surface area contributed by atoms with E-state index in [2.05, 4.69) is 69.3 Å². The van der Waals surface area contributed by atoms with Gasteiger partial charge in [-0.3, -0.25) is 0 Å². The van der Waals surface area contributed by atoms with Crippen LogP contribution in [0.2, 0.25) is 0 Å². The van der Waals surface area contributed by atoms with E-state index in [1.54, 1.807) is 45.8 Å². The lowest BCUT2D eigenvalue weighted by atomic mass is 9.87. The fourth-order valence-corrected chi connectivity index (χ4v) is 10.4. The first-order valence-electron chi connectivity index (χ1n) is 13.2. The predicted molar refractivity (Wildman–Crippen MR) is 174 cm³/mol. The molecule has 0 amide bonds. The van der Waals surface area contributed by atoms with Gasteiger partial charge in [-0.05, 0) is 63.6 Å². The van der Waals surface area contributed by atoms with Gasteiger partial charge in [-0.2, -0.15) is 0 Å². The Hall–Kier alpha value is -2.17. The van der Waals surface area contributed by atoms with Crippen LogP contribution in [-0.4, -0.2) is 26.4 Å². The lowest BCUT2D eigenvalue weighted by Gasteiger charge is -2.27. The summed E-state index contributed by atoms with van der Waals surface area (Å²) < 4.78 is 24.8. The molecule has 0 fully saturated rings. The second-order valence-electron chi connectivity index (χ2n) is 10.6. The third-order valence-corrected chi connectivity index (χ3v) is 13.9. The number of rotatable bonds is 8.